The molecule has 114 valence electrons. The third kappa shape index (κ3) is 7.91. The molecular weight excluding hydrogens is 262 g/mol. The molecule has 0 saturated carbocycles. The lowest BCUT2D eigenvalue weighted by atomic mass is 10.2. The molecule has 0 amide bonds. The molecule has 0 atom stereocenters. The minimum absolute atomic E-state index is 0.271. The quantitative estimate of drug-likeness (QED) is 0.504. The van der Waals surface area contributed by atoms with E-state index in [1.807, 2.05) is 13.8 Å². The highest BCUT2D eigenvalue weighted by atomic mass is 16.5. The average molecular weight is 285 g/mol. The van der Waals surface area contributed by atoms with Crippen molar-refractivity contribution in [1.82, 2.24) is 4.90 Å². The van der Waals surface area contributed by atoms with Crippen LogP contribution in [0.2, 0.25) is 0 Å². The maximum Gasteiger partial charge on any atom is 0.331 e. The van der Waals surface area contributed by atoms with Crippen LogP contribution in [0.15, 0.2) is 12.2 Å². The highest BCUT2D eigenvalue weighted by molar-refractivity contribution is 5.91. The van der Waals surface area contributed by atoms with Crippen molar-refractivity contribution in [2.24, 2.45) is 5.92 Å². The summed E-state index contributed by atoms with van der Waals surface area (Å²) in [6.07, 6.45) is 2.20. The van der Waals surface area contributed by atoms with Crippen LogP contribution in [0.25, 0.3) is 0 Å². The number of ether oxygens (including phenoxy) is 3. The van der Waals surface area contributed by atoms with Crippen LogP contribution < -0.4 is 0 Å². The summed E-state index contributed by atoms with van der Waals surface area (Å²) >= 11 is 0. The normalized spacial score (nSPS) is 16.6. The SMILES string of the molecule is CC(C)COC(=O)/C=C/C(=O)OCCN1CCOCC1. The van der Waals surface area contributed by atoms with Crippen LogP contribution in [0, 0.1) is 5.92 Å². The number of hydrogen-bond acceptors (Lipinski definition) is 6. The van der Waals surface area contributed by atoms with E-state index in [0.29, 0.717) is 19.8 Å². The Hall–Kier alpha value is -1.40. The largest absolute Gasteiger partial charge is 0.462 e. The van der Waals surface area contributed by atoms with Gasteiger partial charge < -0.3 is 14.2 Å². The van der Waals surface area contributed by atoms with E-state index in [-0.39, 0.29) is 5.92 Å². The average Bonchev–Trinajstić information content (AvgIpc) is 2.44. The van der Waals surface area contributed by atoms with Gasteiger partial charge in [0.05, 0.1) is 19.8 Å². The Balaban J connectivity index is 2.11. The number of nitrogens with zero attached hydrogens (tertiary/aromatic N) is 1. The van der Waals surface area contributed by atoms with Gasteiger partial charge in [-0.15, -0.1) is 0 Å². The molecule has 0 bridgehead atoms. The summed E-state index contributed by atoms with van der Waals surface area (Å²) in [6, 6.07) is 0. The molecule has 0 N–H and O–H groups in total. The van der Waals surface area contributed by atoms with Gasteiger partial charge in [0.2, 0.25) is 0 Å². The fraction of sp³-hybridized carbons (Fsp3) is 0.714. The monoisotopic (exact) mass is 285 g/mol. The second-order valence-corrected chi connectivity index (χ2v) is 4.98. The van der Waals surface area contributed by atoms with Crippen LogP contribution in [-0.4, -0.2) is 62.9 Å². The molecule has 0 aromatic heterocycles. The van der Waals surface area contributed by atoms with Crippen LogP contribution in [0.4, 0.5) is 0 Å². The summed E-state index contributed by atoms with van der Waals surface area (Å²) in [5.41, 5.74) is 0. The van der Waals surface area contributed by atoms with Crippen molar-refractivity contribution in [3.8, 4) is 0 Å². The molecule has 0 spiro atoms. The smallest absolute Gasteiger partial charge is 0.331 e. The van der Waals surface area contributed by atoms with Crippen LogP contribution in [-0.2, 0) is 23.8 Å². The number of carbonyl (C=O) groups excluding carboxylic acids is 2. The van der Waals surface area contributed by atoms with E-state index >= 15 is 0 Å². The summed E-state index contributed by atoms with van der Waals surface area (Å²) < 4.78 is 15.1. The lowest BCUT2D eigenvalue weighted by Crippen LogP contribution is -2.38. The maximum absolute atomic E-state index is 11.4. The molecule has 6 heteroatoms. The first-order chi connectivity index (χ1) is 9.58. The van der Waals surface area contributed by atoms with Gasteiger partial charge in [0, 0.05) is 31.8 Å². The Kier molecular flexibility index (Phi) is 7.91. The lowest BCUT2D eigenvalue weighted by molar-refractivity contribution is -0.141. The lowest BCUT2D eigenvalue weighted by Gasteiger charge is -2.25. The van der Waals surface area contributed by atoms with Gasteiger partial charge in [-0.05, 0) is 5.92 Å². The van der Waals surface area contributed by atoms with Crippen LogP contribution in [0.5, 0.6) is 0 Å². The minimum atomic E-state index is -0.528. The summed E-state index contributed by atoms with van der Waals surface area (Å²) in [7, 11) is 0. The number of morpholine rings is 1. The Morgan fingerprint density at radius 2 is 1.75 bits per heavy atom. The van der Waals surface area contributed by atoms with Crippen molar-refractivity contribution in [2.45, 2.75) is 13.8 Å². The second kappa shape index (κ2) is 9.50. The van der Waals surface area contributed by atoms with E-state index < -0.39 is 11.9 Å². The van der Waals surface area contributed by atoms with E-state index in [0.717, 1.165) is 38.5 Å². The zero-order valence-corrected chi connectivity index (χ0v) is 12.2. The molecule has 0 unspecified atom stereocenters. The third-order valence-electron chi connectivity index (χ3n) is 2.67. The topological polar surface area (TPSA) is 65.1 Å². The highest BCUT2D eigenvalue weighted by Gasteiger charge is 2.10. The van der Waals surface area contributed by atoms with Crippen LogP contribution >= 0.6 is 0 Å². The van der Waals surface area contributed by atoms with E-state index in [9.17, 15) is 9.59 Å². The van der Waals surface area contributed by atoms with Crippen molar-refractivity contribution >= 4 is 11.9 Å². The van der Waals surface area contributed by atoms with Crippen molar-refractivity contribution in [1.29, 1.82) is 0 Å². The molecule has 1 saturated heterocycles. The first-order valence-corrected chi connectivity index (χ1v) is 6.89. The minimum Gasteiger partial charge on any atom is -0.462 e. The number of hydrogen-bond donors (Lipinski definition) is 0. The summed E-state index contributed by atoms with van der Waals surface area (Å²) in [5, 5.41) is 0. The predicted octanol–water partition coefficient (Wildman–Crippen LogP) is 0.617. The zero-order valence-electron chi connectivity index (χ0n) is 12.2. The second-order valence-electron chi connectivity index (χ2n) is 4.98. The fourth-order valence-electron chi connectivity index (χ4n) is 1.58. The number of esters is 2. The summed E-state index contributed by atoms with van der Waals surface area (Å²) in [6.45, 7) is 8.36. The van der Waals surface area contributed by atoms with Gasteiger partial charge in [0.25, 0.3) is 0 Å². The number of rotatable bonds is 7. The Labute approximate surface area is 119 Å². The molecule has 1 aliphatic rings. The predicted molar refractivity (Wildman–Crippen MR) is 73.2 cm³/mol. The molecule has 0 aromatic carbocycles. The molecule has 1 fully saturated rings. The van der Waals surface area contributed by atoms with Crippen molar-refractivity contribution in [3.05, 3.63) is 12.2 Å². The van der Waals surface area contributed by atoms with Gasteiger partial charge in [-0.25, -0.2) is 9.59 Å². The Morgan fingerprint density at radius 3 is 2.35 bits per heavy atom. The fourth-order valence-corrected chi connectivity index (χ4v) is 1.58. The molecule has 1 heterocycles. The van der Waals surface area contributed by atoms with Crippen molar-refractivity contribution < 1.29 is 23.8 Å². The number of carbonyl (C=O) groups is 2. The zero-order chi connectivity index (χ0) is 14.8. The van der Waals surface area contributed by atoms with Crippen LogP contribution in [0.3, 0.4) is 0 Å². The molecule has 0 aliphatic carbocycles. The molecule has 0 radical (unpaired) electrons. The molecule has 0 aromatic rings. The third-order valence-corrected chi connectivity index (χ3v) is 2.67. The van der Waals surface area contributed by atoms with Gasteiger partial charge in [-0.2, -0.15) is 0 Å². The summed E-state index contributed by atoms with van der Waals surface area (Å²) in [4.78, 5) is 24.8. The molecule has 1 rings (SSSR count). The molecular formula is C14H23NO5. The standard InChI is InChI=1S/C14H23NO5/c1-12(2)11-20-14(17)4-3-13(16)19-10-7-15-5-8-18-9-6-15/h3-4,12H,5-11H2,1-2H3/b4-3+. The first-order valence-electron chi connectivity index (χ1n) is 6.89. The van der Waals surface area contributed by atoms with Gasteiger partial charge in [0.15, 0.2) is 0 Å². The molecule has 1 aliphatic heterocycles. The van der Waals surface area contributed by atoms with E-state index in [4.69, 9.17) is 14.2 Å². The van der Waals surface area contributed by atoms with Crippen LogP contribution in [0.1, 0.15) is 13.8 Å². The van der Waals surface area contributed by atoms with Gasteiger partial charge in [-0.1, -0.05) is 13.8 Å². The van der Waals surface area contributed by atoms with E-state index in [1.54, 1.807) is 0 Å². The van der Waals surface area contributed by atoms with Crippen molar-refractivity contribution in [2.75, 3.05) is 46.1 Å². The van der Waals surface area contributed by atoms with Crippen molar-refractivity contribution in [3.63, 3.8) is 0 Å². The Morgan fingerprint density at radius 1 is 1.15 bits per heavy atom. The Bertz CT molecular complexity index is 334. The van der Waals surface area contributed by atoms with Gasteiger partial charge in [0.1, 0.15) is 6.61 Å². The van der Waals surface area contributed by atoms with Gasteiger partial charge >= 0.3 is 11.9 Å². The highest BCUT2D eigenvalue weighted by Crippen LogP contribution is 1.97. The molecule has 6 nitrogen and oxygen atoms in total. The first kappa shape index (κ1) is 16.7. The molecule has 20 heavy (non-hydrogen) atoms. The van der Waals surface area contributed by atoms with E-state index in [2.05, 4.69) is 4.90 Å². The van der Waals surface area contributed by atoms with Gasteiger partial charge in [-0.3, -0.25) is 4.90 Å². The van der Waals surface area contributed by atoms with E-state index in [1.165, 1.54) is 0 Å². The summed E-state index contributed by atoms with van der Waals surface area (Å²) in [5.74, 6) is -0.781. The maximum atomic E-state index is 11.4.